The molecule has 24 heavy (non-hydrogen) atoms. The number of epoxide rings is 1. The maximum absolute atomic E-state index is 13.4. The second-order valence-electron chi connectivity index (χ2n) is 6.38. The molecule has 4 nitrogen and oxygen atoms in total. The fourth-order valence-electron chi connectivity index (χ4n) is 3.46. The number of ether oxygens (including phenoxy) is 2. The van der Waals surface area contributed by atoms with Gasteiger partial charge in [0.15, 0.2) is 5.72 Å². The predicted molar refractivity (Wildman–Crippen MR) is 91.0 cm³/mol. The summed E-state index contributed by atoms with van der Waals surface area (Å²) >= 11 is 0. The number of carbonyl (C=O) groups is 1. The molecule has 2 saturated heterocycles. The highest BCUT2D eigenvalue weighted by atomic mass is 16.6. The van der Waals surface area contributed by atoms with Gasteiger partial charge in [-0.2, -0.15) is 0 Å². The fourth-order valence-corrected chi connectivity index (χ4v) is 3.46. The van der Waals surface area contributed by atoms with Gasteiger partial charge in [-0.25, -0.2) is 0 Å². The molecular formula is C20H21NO3. The van der Waals surface area contributed by atoms with E-state index >= 15 is 0 Å². The van der Waals surface area contributed by atoms with Crippen LogP contribution in [0.4, 0.5) is 0 Å². The molecule has 4 heteroatoms. The largest absolute Gasteiger partial charge is 0.371 e. The van der Waals surface area contributed by atoms with Crippen molar-refractivity contribution in [3.63, 3.8) is 0 Å². The molecule has 2 aliphatic rings. The first-order valence-corrected chi connectivity index (χ1v) is 8.45. The molecule has 0 bridgehead atoms. The SMILES string of the molecule is O=C(c1ccccc1)[C@@]1(OC[C@@H]2CO2)NCC[C@@H]1c1ccccc1. The Labute approximate surface area is 141 Å². The van der Waals surface area contributed by atoms with Gasteiger partial charge in [0, 0.05) is 11.5 Å². The van der Waals surface area contributed by atoms with Crippen molar-refractivity contribution in [3.05, 3.63) is 71.8 Å². The summed E-state index contributed by atoms with van der Waals surface area (Å²) in [6, 6.07) is 19.5. The fraction of sp³-hybridized carbons (Fsp3) is 0.350. The van der Waals surface area contributed by atoms with E-state index in [4.69, 9.17) is 9.47 Å². The van der Waals surface area contributed by atoms with Crippen molar-refractivity contribution in [3.8, 4) is 0 Å². The van der Waals surface area contributed by atoms with Gasteiger partial charge in [-0.05, 0) is 18.5 Å². The zero-order chi connectivity index (χ0) is 16.4. The third kappa shape index (κ3) is 2.88. The number of carbonyl (C=O) groups excluding carboxylic acids is 1. The van der Waals surface area contributed by atoms with E-state index in [1.165, 1.54) is 0 Å². The predicted octanol–water partition coefficient (Wildman–Crippen LogP) is 2.76. The number of ketones is 1. The second-order valence-corrected chi connectivity index (χ2v) is 6.38. The normalized spacial score (nSPS) is 28.7. The maximum Gasteiger partial charge on any atom is 0.210 e. The van der Waals surface area contributed by atoms with Crippen LogP contribution < -0.4 is 5.32 Å². The van der Waals surface area contributed by atoms with Crippen LogP contribution in [0.2, 0.25) is 0 Å². The van der Waals surface area contributed by atoms with Crippen molar-refractivity contribution >= 4 is 5.78 Å². The first kappa shape index (κ1) is 15.5. The van der Waals surface area contributed by atoms with Crippen molar-refractivity contribution in [2.75, 3.05) is 19.8 Å². The molecule has 0 spiro atoms. The van der Waals surface area contributed by atoms with Crippen LogP contribution in [0, 0.1) is 0 Å². The summed E-state index contributed by atoms with van der Waals surface area (Å²) < 4.78 is 11.5. The van der Waals surface area contributed by atoms with Gasteiger partial charge in [0.2, 0.25) is 5.78 Å². The van der Waals surface area contributed by atoms with E-state index in [9.17, 15) is 4.79 Å². The van der Waals surface area contributed by atoms with Gasteiger partial charge in [0.1, 0.15) is 6.10 Å². The minimum absolute atomic E-state index is 0.00453. The summed E-state index contributed by atoms with van der Waals surface area (Å²) in [7, 11) is 0. The van der Waals surface area contributed by atoms with Crippen molar-refractivity contribution in [1.29, 1.82) is 0 Å². The Hall–Kier alpha value is -2.01. The summed E-state index contributed by atoms with van der Waals surface area (Å²) in [6.07, 6.45) is 0.984. The molecule has 4 rings (SSSR count). The van der Waals surface area contributed by atoms with Crippen LogP contribution >= 0.6 is 0 Å². The van der Waals surface area contributed by atoms with Gasteiger partial charge in [-0.15, -0.1) is 0 Å². The molecule has 2 fully saturated rings. The van der Waals surface area contributed by atoms with Crippen LogP contribution in [0.5, 0.6) is 0 Å². The van der Waals surface area contributed by atoms with E-state index in [2.05, 4.69) is 17.4 Å². The van der Waals surface area contributed by atoms with Gasteiger partial charge in [0.25, 0.3) is 0 Å². The van der Waals surface area contributed by atoms with E-state index in [1.54, 1.807) is 0 Å². The van der Waals surface area contributed by atoms with Gasteiger partial charge >= 0.3 is 0 Å². The molecule has 3 atom stereocenters. The highest BCUT2D eigenvalue weighted by Gasteiger charge is 2.51. The zero-order valence-electron chi connectivity index (χ0n) is 13.5. The smallest absolute Gasteiger partial charge is 0.210 e. The summed E-state index contributed by atoms with van der Waals surface area (Å²) in [6.45, 7) is 1.91. The molecule has 0 unspecified atom stereocenters. The first-order valence-electron chi connectivity index (χ1n) is 8.45. The highest BCUT2D eigenvalue weighted by Crippen LogP contribution is 2.39. The molecule has 0 aliphatic carbocycles. The van der Waals surface area contributed by atoms with E-state index in [1.807, 2.05) is 48.5 Å². The molecule has 0 saturated carbocycles. The lowest BCUT2D eigenvalue weighted by atomic mass is 9.84. The van der Waals surface area contributed by atoms with E-state index in [0.717, 1.165) is 18.5 Å². The molecule has 1 N–H and O–H groups in total. The summed E-state index contributed by atoms with van der Waals surface area (Å²) in [5.41, 5.74) is 0.780. The minimum Gasteiger partial charge on any atom is -0.371 e. The Morgan fingerprint density at radius 2 is 1.79 bits per heavy atom. The molecule has 0 amide bonds. The Bertz CT molecular complexity index is 699. The number of nitrogens with one attached hydrogen (secondary N) is 1. The van der Waals surface area contributed by atoms with E-state index in [0.29, 0.717) is 18.8 Å². The topological polar surface area (TPSA) is 50.9 Å². The van der Waals surface area contributed by atoms with Crippen LogP contribution in [0.1, 0.15) is 28.3 Å². The zero-order valence-corrected chi connectivity index (χ0v) is 13.5. The lowest BCUT2D eigenvalue weighted by Crippen LogP contribution is -2.54. The van der Waals surface area contributed by atoms with Crippen molar-refractivity contribution in [2.45, 2.75) is 24.2 Å². The molecule has 2 aliphatic heterocycles. The third-order valence-electron chi connectivity index (χ3n) is 4.79. The van der Waals surface area contributed by atoms with Crippen molar-refractivity contribution in [2.24, 2.45) is 0 Å². The molecule has 2 aromatic rings. The van der Waals surface area contributed by atoms with Gasteiger partial charge in [-0.3, -0.25) is 10.1 Å². The summed E-state index contributed by atoms with van der Waals surface area (Å²) in [5, 5.41) is 3.37. The quantitative estimate of drug-likeness (QED) is 0.656. The third-order valence-corrected chi connectivity index (χ3v) is 4.79. The highest BCUT2D eigenvalue weighted by molar-refractivity contribution is 6.03. The van der Waals surface area contributed by atoms with Gasteiger partial charge in [0.05, 0.1) is 13.2 Å². The maximum atomic E-state index is 13.4. The molecular weight excluding hydrogens is 302 g/mol. The van der Waals surface area contributed by atoms with Gasteiger partial charge in [-0.1, -0.05) is 60.7 Å². The van der Waals surface area contributed by atoms with E-state index < -0.39 is 5.72 Å². The minimum atomic E-state index is -1.02. The first-order chi connectivity index (χ1) is 11.8. The Morgan fingerprint density at radius 1 is 1.12 bits per heavy atom. The Balaban J connectivity index is 1.70. The van der Waals surface area contributed by atoms with Crippen LogP contribution in [0.15, 0.2) is 60.7 Å². The van der Waals surface area contributed by atoms with Crippen LogP contribution in [0.3, 0.4) is 0 Å². The molecule has 0 aromatic heterocycles. The van der Waals surface area contributed by atoms with Crippen LogP contribution in [-0.4, -0.2) is 37.4 Å². The molecule has 124 valence electrons. The summed E-state index contributed by atoms with van der Waals surface area (Å²) in [5.74, 6) is -0.0136. The Morgan fingerprint density at radius 3 is 2.46 bits per heavy atom. The van der Waals surface area contributed by atoms with Crippen molar-refractivity contribution < 1.29 is 14.3 Å². The van der Waals surface area contributed by atoms with Crippen LogP contribution in [-0.2, 0) is 9.47 Å². The molecule has 0 radical (unpaired) electrons. The van der Waals surface area contributed by atoms with Crippen molar-refractivity contribution in [1.82, 2.24) is 5.32 Å². The number of hydrogen-bond acceptors (Lipinski definition) is 4. The standard InChI is InChI=1S/C20H21NO3/c22-19(16-9-5-2-6-10-16)20(24-14-17-13-23-17)18(11-12-21-20)15-7-3-1-4-8-15/h1-10,17-18,21H,11-14H2/t17-,18+,20+/m0/s1. The lowest BCUT2D eigenvalue weighted by Gasteiger charge is -2.34. The monoisotopic (exact) mass is 323 g/mol. The number of rotatable bonds is 6. The number of hydrogen-bond donors (Lipinski definition) is 1. The molecule has 2 heterocycles. The number of benzene rings is 2. The van der Waals surface area contributed by atoms with Gasteiger partial charge < -0.3 is 9.47 Å². The summed E-state index contributed by atoms with van der Waals surface area (Å²) in [4.78, 5) is 13.4. The van der Waals surface area contributed by atoms with E-state index in [-0.39, 0.29) is 17.8 Å². The second kappa shape index (κ2) is 6.48. The average Bonchev–Trinajstić information content (AvgIpc) is 3.39. The molecule has 2 aromatic carbocycles. The average molecular weight is 323 g/mol. The number of Topliss-reactive ketones (excluding diaryl/α,β-unsaturated/α-hetero) is 1. The lowest BCUT2D eigenvalue weighted by molar-refractivity contribution is -0.0501. The Kier molecular flexibility index (Phi) is 4.19. The van der Waals surface area contributed by atoms with Crippen LogP contribution in [0.25, 0.3) is 0 Å².